The van der Waals surface area contributed by atoms with Gasteiger partial charge in [0.2, 0.25) is 15.9 Å². The zero-order chi connectivity index (χ0) is 28.1. The van der Waals surface area contributed by atoms with Crippen LogP contribution < -0.4 is 15.4 Å². The van der Waals surface area contributed by atoms with Gasteiger partial charge < -0.3 is 15.6 Å². The van der Waals surface area contributed by atoms with Gasteiger partial charge >= 0.3 is 0 Å². The van der Waals surface area contributed by atoms with Gasteiger partial charge in [-0.15, -0.1) is 0 Å². The van der Waals surface area contributed by atoms with Gasteiger partial charge in [0.25, 0.3) is 12.3 Å². The van der Waals surface area contributed by atoms with Crippen LogP contribution in [0.1, 0.15) is 25.6 Å². The van der Waals surface area contributed by atoms with Crippen molar-refractivity contribution in [1.82, 2.24) is 24.7 Å². The molecule has 4 N–H and O–H groups in total. The van der Waals surface area contributed by atoms with E-state index in [1.54, 1.807) is 42.3 Å². The van der Waals surface area contributed by atoms with E-state index in [9.17, 15) is 30.8 Å². The molecule has 11 nitrogen and oxygen atoms in total. The van der Waals surface area contributed by atoms with Crippen molar-refractivity contribution in [2.24, 2.45) is 13.0 Å². The first kappa shape index (κ1) is 26.4. The second-order valence-electron chi connectivity index (χ2n) is 8.98. The van der Waals surface area contributed by atoms with Gasteiger partial charge in [-0.05, 0) is 24.6 Å². The smallest absolute Gasteiger partial charge is 0.295 e. The Kier molecular flexibility index (Phi) is 6.44. The van der Waals surface area contributed by atoms with Crippen molar-refractivity contribution in [2.75, 3.05) is 21.1 Å². The summed E-state index contributed by atoms with van der Waals surface area (Å²) in [6, 6.07) is 6.08. The van der Waals surface area contributed by atoms with Crippen LogP contribution in [0, 0.1) is 5.92 Å². The number of anilines is 4. The predicted molar refractivity (Wildman–Crippen MR) is 136 cm³/mol. The molecule has 5 rings (SSSR count). The Hall–Kier alpha value is -4.21. The second kappa shape index (κ2) is 9.52. The Morgan fingerprint density at radius 2 is 1.92 bits per heavy atom. The van der Waals surface area contributed by atoms with E-state index in [1.807, 2.05) is 0 Å². The van der Waals surface area contributed by atoms with Crippen molar-refractivity contribution in [2.45, 2.75) is 25.7 Å². The molecule has 0 unspecified atom stereocenters. The molecule has 0 bridgehead atoms. The van der Waals surface area contributed by atoms with E-state index in [-0.39, 0.29) is 39.8 Å². The first-order valence-corrected chi connectivity index (χ1v) is 13.3. The molecule has 1 amide bonds. The number of H-pyrrole nitrogens is 1. The molecule has 1 aromatic carbocycles. The van der Waals surface area contributed by atoms with Crippen molar-refractivity contribution in [1.29, 1.82) is 0 Å². The first-order valence-electron chi connectivity index (χ1n) is 11.6. The van der Waals surface area contributed by atoms with E-state index in [0.29, 0.717) is 11.1 Å². The van der Waals surface area contributed by atoms with Gasteiger partial charge in [-0.2, -0.15) is 5.10 Å². The first-order chi connectivity index (χ1) is 18.3. The number of nitrogens with zero attached hydrogens (tertiary/aromatic N) is 4. The van der Waals surface area contributed by atoms with Gasteiger partial charge in [0.1, 0.15) is 17.3 Å². The summed E-state index contributed by atoms with van der Waals surface area (Å²) in [4.78, 5) is 22.5. The van der Waals surface area contributed by atoms with Crippen LogP contribution in [0.15, 0.2) is 36.7 Å². The third-order valence-electron chi connectivity index (χ3n) is 6.05. The summed E-state index contributed by atoms with van der Waals surface area (Å²) in [6.07, 6.45) is -0.237. The molecule has 1 atom stereocenters. The van der Waals surface area contributed by atoms with Crippen molar-refractivity contribution in [3.63, 3.8) is 0 Å². The zero-order valence-corrected chi connectivity index (χ0v) is 21.3. The summed E-state index contributed by atoms with van der Waals surface area (Å²) in [7, 11) is -2.01. The number of imidazole rings is 1. The Morgan fingerprint density at radius 3 is 2.54 bits per heavy atom. The molecule has 0 spiro atoms. The minimum atomic E-state index is -3.74. The molecule has 0 saturated heterocycles. The monoisotopic (exact) mass is 566 g/mol. The molecule has 0 radical (unpaired) electrons. The molecule has 39 heavy (non-hydrogen) atoms. The van der Waals surface area contributed by atoms with Gasteiger partial charge in [-0.1, -0.05) is 6.07 Å². The molecule has 206 valence electrons. The number of hydrogen-bond acceptors (Lipinski definition) is 7. The fraction of sp³-hybridized carbons (Fsp3) is 0.304. The van der Waals surface area contributed by atoms with E-state index >= 15 is 0 Å². The Morgan fingerprint density at radius 1 is 1.18 bits per heavy atom. The Labute approximate surface area is 219 Å². The maximum atomic E-state index is 13.4. The van der Waals surface area contributed by atoms with Crippen LogP contribution in [0.25, 0.3) is 22.3 Å². The number of rotatable bonds is 9. The van der Waals surface area contributed by atoms with Gasteiger partial charge in [-0.25, -0.2) is 35.9 Å². The number of hydrogen-bond donors (Lipinski definition) is 4. The Balaban J connectivity index is 1.56. The average Bonchev–Trinajstić information content (AvgIpc) is 3.18. The minimum absolute atomic E-state index is 0.0284. The number of pyridine rings is 1. The number of aromatic amines is 1. The van der Waals surface area contributed by atoms with Gasteiger partial charge in [-0.3, -0.25) is 14.2 Å². The third kappa shape index (κ3) is 5.50. The maximum Gasteiger partial charge on any atom is 0.295 e. The number of amides is 1. The highest BCUT2D eigenvalue weighted by atomic mass is 32.2. The van der Waals surface area contributed by atoms with Crippen LogP contribution >= 0.6 is 0 Å². The average molecular weight is 567 g/mol. The van der Waals surface area contributed by atoms with E-state index in [0.717, 1.165) is 0 Å². The molecule has 1 aliphatic carbocycles. The molecule has 1 fully saturated rings. The van der Waals surface area contributed by atoms with Crippen molar-refractivity contribution in [3.05, 3.63) is 42.5 Å². The van der Waals surface area contributed by atoms with E-state index in [2.05, 4.69) is 35.4 Å². The lowest BCUT2D eigenvalue weighted by atomic mass is 10.1. The fourth-order valence-electron chi connectivity index (χ4n) is 3.86. The van der Waals surface area contributed by atoms with Crippen LogP contribution in [0.3, 0.4) is 0 Å². The third-order valence-corrected chi connectivity index (χ3v) is 7.34. The highest BCUT2D eigenvalue weighted by molar-refractivity contribution is 7.92. The second-order valence-corrected chi connectivity index (χ2v) is 11.0. The Bertz CT molecular complexity index is 1690. The number of carbonyl (C=O) groups excluding carboxylic acids is 1. The minimum Gasteiger partial charge on any atom is -0.352 e. The number of alkyl halides is 4. The number of benzene rings is 1. The van der Waals surface area contributed by atoms with E-state index < -0.39 is 46.4 Å². The van der Waals surface area contributed by atoms with Crippen LogP contribution in [0.4, 0.5) is 40.4 Å². The summed E-state index contributed by atoms with van der Waals surface area (Å²) < 4.78 is 82.5. The summed E-state index contributed by atoms with van der Waals surface area (Å²) in [5, 5.41) is 9.36. The number of halogens is 4. The SMILES string of the molecule is CCS(=O)(=O)Nc1cc(-c2cnn(C)c2)ccc1Nc1cc(NC(=O)[C@H]2CC2(F)F)nc2nc(C(F)F)[nH]c12. The highest BCUT2D eigenvalue weighted by Gasteiger charge is 2.61. The van der Waals surface area contributed by atoms with Crippen molar-refractivity contribution < 1.29 is 30.8 Å². The van der Waals surface area contributed by atoms with E-state index in [4.69, 9.17) is 0 Å². The van der Waals surface area contributed by atoms with Crippen molar-refractivity contribution in [3.8, 4) is 11.1 Å². The quantitative estimate of drug-likeness (QED) is 0.220. The normalized spacial score (nSPS) is 16.4. The largest absolute Gasteiger partial charge is 0.352 e. The summed E-state index contributed by atoms with van der Waals surface area (Å²) >= 11 is 0. The van der Waals surface area contributed by atoms with Crippen LogP contribution in [-0.4, -0.2) is 50.7 Å². The summed E-state index contributed by atoms with van der Waals surface area (Å²) in [5.74, 6) is -6.73. The molecule has 16 heteroatoms. The van der Waals surface area contributed by atoms with Crippen LogP contribution in [-0.2, 0) is 21.9 Å². The highest BCUT2D eigenvalue weighted by Crippen LogP contribution is 2.49. The zero-order valence-electron chi connectivity index (χ0n) is 20.5. The van der Waals surface area contributed by atoms with Crippen LogP contribution in [0.2, 0.25) is 0 Å². The summed E-state index contributed by atoms with van der Waals surface area (Å²) in [5.41, 5.74) is 1.62. The van der Waals surface area contributed by atoms with Crippen molar-refractivity contribution >= 4 is 50.0 Å². The molecule has 1 aliphatic rings. The lowest BCUT2D eigenvalue weighted by Crippen LogP contribution is -2.18. The molecule has 0 aliphatic heterocycles. The van der Waals surface area contributed by atoms with Gasteiger partial charge in [0, 0.05) is 31.3 Å². The number of sulfonamides is 1. The maximum absolute atomic E-state index is 13.4. The van der Waals surface area contributed by atoms with E-state index in [1.165, 1.54) is 13.0 Å². The fourth-order valence-corrected chi connectivity index (χ4v) is 4.50. The molecule has 3 heterocycles. The number of carbonyl (C=O) groups is 1. The predicted octanol–water partition coefficient (Wildman–Crippen LogP) is 4.39. The molecular formula is C23H22F4N8O3S. The number of fused-ring (bicyclic) bond motifs is 1. The number of nitrogens with one attached hydrogen (secondary N) is 4. The lowest BCUT2D eigenvalue weighted by Gasteiger charge is -2.16. The standard InChI is InChI=1S/C23H22F4N8O3S/c1-3-39(37,38)34-15-6-11(12-9-28-35(2)10-12)4-5-14(15)29-16-7-17(31-22(36)13-8-23(13,26)27)30-20-18(16)32-21(33-20)19(24)25/h4-7,9-10,13,19,34H,3,8H2,1-2H3,(H3,29,30,31,32,33,36)/t13-/m1/s1. The summed E-state index contributed by atoms with van der Waals surface area (Å²) in [6.45, 7) is 1.46. The number of aryl methyl sites for hydroxylation is 1. The molecular weight excluding hydrogens is 544 g/mol. The topological polar surface area (TPSA) is 147 Å². The number of aromatic nitrogens is 5. The van der Waals surface area contributed by atoms with Gasteiger partial charge in [0.15, 0.2) is 11.5 Å². The van der Waals surface area contributed by atoms with Gasteiger partial charge in [0.05, 0.1) is 29.0 Å². The molecule has 3 aromatic heterocycles. The molecule has 4 aromatic rings. The molecule has 1 saturated carbocycles. The lowest BCUT2D eigenvalue weighted by molar-refractivity contribution is -0.119. The van der Waals surface area contributed by atoms with Crippen LogP contribution in [0.5, 0.6) is 0 Å².